The van der Waals surface area contributed by atoms with Crippen LogP contribution in [0.15, 0.2) is 64.7 Å². The summed E-state index contributed by atoms with van der Waals surface area (Å²) in [5, 5.41) is 18.2. The lowest BCUT2D eigenvalue weighted by molar-refractivity contribution is -0.387. The summed E-state index contributed by atoms with van der Waals surface area (Å²) >= 11 is 0. The zero-order valence-electron chi connectivity index (χ0n) is 43.8. The average molecular weight is 1010 g/mol. The predicted octanol–water partition coefficient (Wildman–Crippen LogP) is 7.48. The molecule has 8 atom stereocenters. The number of anilines is 3. The van der Waals surface area contributed by atoms with Crippen LogP contribution in [0.5, 0.6) is 0 Å². The molecule has 23 heteroatoms. The number of aryl methyl sites for hydroxylation is 5. The van der Waals surface area contributed by atoms with Gasteiger partial charge in [-0.25, -0.2) is 9.97 Å². The number of hydrogen-bond donors (Lipinski definition) is 9. The van der Waals surface area contributed by atoms with Crippen LogP contribution in [0.3, 0.4) is 0 Å². The third kappa shape index (κ3) is 13.5. The highest BCUT2D eigenvalue weighted by Crippen LogP contribution is 2.48. The van der Waals surface area contributed by atoms with Gasteiger partial charge in [-0.2, -0.15) is 5.26 Å². The van der Waals surface area contributed by atoms with E-state index in [9.17, 15) is 19.7 Å². The molecule has 0 aromatic carbocycles. The number of nitrogens with two attached hydrogens (primary N) is 3. The Bertz CT molecular complexity index is 2960. The highest BCUT2D eigenvalue weighted by atomic mass is 16.8. The summed E-state index contributed by atoms with van der Waals surface area (Å²) in [7, 11) is 0. The molecule has 23 nitrogen and oxygen atoms in total. The van der Waals surface area contributed by atoms with Crippen LogP contribution in [0.1, 0.15) is 120 Å². The molecule has 0 aliphatic carbocycles. The molecule has 10 heterocycles. The van der Waals surface area contributed by atoms with Crippen LogP contribution in [-0.2, 0) is 28.4 Å². The summed E-state index contributed by atoms with van der Waals surface area (Å²) in [6.45, 7) is 24.8. The Morgan fingerprint density at radius 1 is 0.740 bits per heavy atom. The van der Waals surface area contributed by atoms with E-state index in [4.69, 9.17) is 50.9 Å². The number of nitro groups is 1. The minimum absolute atomic E-state index is 0.0143. The Morgan fingerprint density at radius 3 is 1.62 bits per heavy atom. The Morgan fingerprint density at radius 2 is 1.25 bits per heavy atom. The second-order valence-electron chi connectivity index (χ2n) is 18.7. The highest BCUT2D eigenvalue weighted by molar-refractivity contribution is 5.78. The summed E-state index contributed by atoms with van der Waals surface area (Å²) < 4.78 is 36.3. The molecule has 0 amide bonds. The molecule has 0 saturated carbocycles. The van der Waals surface area contributed by atoms with Gasteiger partial charge in [-0.3, -0.25) is 19.7 Å². The van der Waals surface area contributed by atoms with Crippen molar-refractivity contribution in [2.75, 3.05) is 17.2 Å². The fourth-order valence-corrected chi connectivity index (χ4v) is 8.40. The average Bonchev–Trinajstić information content (AvgIpc) is 4.25. The van der Waals surface area contributed by atoms with Crippen LogP contribution in [-0.4, -0.2) is 93.0 Å². The predicted molar refractivity (Wildman–Crippen MR) is 276 cm³/mol. The number of aromatic nitrogens is 8. The number of ether oxygens (including phenoxy) is 6. The number of nitriles is 1. The Balaban J connectivity index is 0.000000175. The van der Waals surface area contributed by atoms with Gasteiger partial charge in [0.1, 0.15) is 53.4 Å². The molecule has 0 spiro atoms. The molecular formula is C50H71N13O10. The van der Waals surface area contributed by atoms with Gasteiger partial charge in [-0.1, -0.05) is 19.9 Å². The summed E-state index contributed by atoms with van der Waals surface area (Å²) in [5.41, 5.74) is 26.1. The maximum absolute atomic E-state index is 11.8. The number of allylic oxidation sites excluding steroid dienone is 2. The van der Waals surface area contributed by atoms with Crippen LogP contribution in [0.2, 0.25) is 0 Å². The zero-order chi connectivity index (χ0) is 54.1. The van der Waals surface area contributed by atoms with Crippen molar-refractivity contribution in [2.24, 2.45) is 0 Å². The smallest absolute Gasteiger partial charge is 0.354 e. The molecule has 10 rings (SSSR count). The molecule has 4 saturated heterocycles. The van der Waals surface area contributed by atoms with E-state index in [1.54, 1.807) is 19.2 Å². The molecule has 0 bridgehead atoms. The lowest BCUT2D eigenvalue weighted by Gasteiger charge is -2.23. The fourth-order valence-electron chi connectivity index (χ4n) is 8.40. The van der Waals surface area contributed by atoms with Crippen LogP contribution in [0.4, 0.5) is 22.7 Å². The number of nitrogens with zero attached hydrogens (tertiary/aromatic N) is 4. The quantitative estimate of drug-likeness (QED) is 0.0459. The monoisotopic (exact) mass is 1010 g/mol. The van der Waals surface area contributed by atoms with Gasteiger partial charge in [-0.05, 0) is 101 Å². The summed E-state index contributed by atoms with van der Waals surface area (Å²) in [5.74, 6) is -1.17. The number of nitrogens with one attached hydrogen (secondary N) is 6. The number of aromatic amines is 6. The van der Waals surface area contributed by atoms with Gasteiger partial charge in [-0.15, -0.1) is 0 Å². The number of rotatable bonds is 5. The maximum atomic E-state index is 11.8. The van der Waals surface area contributed by atoms with Crippen molar-refractivity contribution >= 4 is 33.8 Å². The Kier molecular flexibility index (Phi) is 18.8. The lowest BCUT2D eigenvalue weighted by atomic mass is 10.0. The third-order valence-corrected chi connectivity index (χ3v) is 12.5. The normalized spacial score (nSPS) is 23.9. The lowest BCUT2D eigenvalue weighted by Crippen LogP contribution is -2.28. The molecular weight excluding hydrogens is 943 g/mol. The van der Waals surface area contributed by atoms with Crippen molar-refractivity contribution in [1.82, 2.24) is 39.9 Å². The topological polar surface area (TPSA) is 355 Å². The van der Waals surface area contributed by atoms with Crippen LogP contribution >= 0.6 is 0 Å². The van der Waals surface area contributed by atoms with Crippen molar-refractivity contribution in [3.8, 4) is 6.07 Å². The number of H-pyrrole nitrogens is 6. The highest BCUT2D eigenvalue weighted by Gasteiger charge is 2.56. The van der Waals surface area contributed by atoms with Gasteiger partial charge < -0.3 is 75.5 Å². The molecule has 12 N–H and O–H groups in total. The van der Waals surface area contributed by atoms with E-state index in [1.165, 1.54) is 13.3 Å². The fraction of sp³-hybridized carbons (Fsp3) is 0.500. The van der Waals surface area contributed by atoms with E-state index in [1.807, 2.05) is 93.0 Å². The molecule has 4 fully saturated rings. The first-order chi connectivity index (χ1) is 34.4. The Labute approximate surface area is 423 Å². The largest absolute Gasteiger partial charge is 0.397 e. The van der Waals surface area contributed by atoms with Crippen LogP contribution < -0.4 is 28.3 Å². The van der Waals surface area contributed by atoms with Gasteiger partial charge >= 0.3 is 11.2 Å². The van der Waals surface area contributed by atoms with Crippen molar-refractivity contribution in [2.45, 2.75) is 163 Å². The van der Waals surface area contributed by atoms with E-state index in [0.717, 1.165) is 75.6 Å². The van der Waals surface area contributed by atoms with Gasteiger partial charge in [0.05, 0.1) is 52.9 Å². The molecule has 396 valence electrons. The van der Waals surface area contributed by atoms with Gasteiger partial charge in [0.15, 0.2) is 11.6 Å². The van der Waals surface area contributed by atoms with Gasteiger partial charge in [0.25, 0.3) is 5.56 Å². The van der Waals surface area contributed by atoms with Crippen LogP contribution in [0.25, 0.3) is 11.0 Å². The van der Waals surface area contributed by atoms with E-state index >= 15 is 0 Å². The van der Waals surface area contributed by atoms with Crippen molar-refractivity contribution < 1.29 is 33.3 Å². The van der Waals surface area contributed by atoms with Crippen molar-refractivity contribution in [3.63, 3.8) is 0 Å². The Hall–Kier alpha value is -7.07. The van der Waals surface area contributed by atoms with Gasteiger partial charge in [0.2, 0.25) is 0 Å². The summed E-state index contributed by atoms with van der Waals surface area (Å²) in [6, 6.07) is 3.82. The third-order valence-electron chi connectivity index (χ3n) is 12.5. The number of fused-ring (bicyclic) bond motifs is 3. The second-order valence-corrected chi connectivity index (χ2v) is 18.7. The first kappa shape index (κ1) is 56.8. The SMILES string of the molecule is CC=C(C)C#N.CCC1OC(c2c[nH]c(C)c2N)C2OC(C)(C)OC12.CCC1OC(c2c[nH]c3c(=O)[nH]cnc23)C2OC(C)(C)OC12.Cc1[nH]ccc1N.Cc1c[nH]c(C)c1N.Cc1nc[nH]c(=O)c1[N+](=O)[O-]. The van der Waals surface area contributed by atoms with E-state index in [2.05, 4.69) is 53.7 Å². The van der Waals surface area contributed by atoms with E-state index in [-0.39, 0.29) is 60.1 Å². The first-order valence-corrected chi connectivity index (χ1v) is 23.9. The van der Waals surface area contributed by atoms with Gasteiger partial charge in [0, 0.05) is 58.6 Å². The minimum Gasteiger partial charge on any atom is -0.397 e. The minimum atomic E-state index is -0.749. The first-order valence-electron chi connectivity index (χ1n) is 23.9. The summed E-state index contributed by atoms with van der Waals surface area (Å²) in [6.07, 6.45) is 12.7. The molecule has 4 aliphatic rings. The number of nitrogen functional groups attached to an aromatic ring is 3. The molecule has 8 unspecified atom stereocenters. The van der Waals surface area contributed by atoms with Crippen molar-refractivity contribution in [1.29, 1.82) is 5.26 Å². The molecule has 4 aliphatic heterocycles. The molecule has 6 aromatic heterocycles. The molecule has 73 heavy (non-hydrogen) atoms. The maximum Gasteiger partial charge on any atom is 0.354 e. The second kappa shape index (κ2) is 24.1. The van der Waals surface area contributed by atoms with Crippen LogP contribution in [0, 0.1) is 56.1 Å². The standard InChI is InChI=1S/C15H19N3O4.C14H22N2O3.C6H10N2.C5H5N3O3.C5H8N2.C5H7N/c1-4-8-12-13(22-15(2,3)21-12)11(20-8)7-5-16-10-9(7)17-6-18-14(10)19;1-5-9-12-13(19-14(3,4)18-12)11(17-9)8-6-16-7(2)10(8)15;1-4-3-8-5(2)6(4)7;1-3-4(8(10)11)5(9)7-2-6-3;1-4-5(6)2-3-7-4;1-3-5(2)4-6/h5-6,8,11-13,16H,4H2,1-3H3,(H,17,18,19);6,9,11-13,16H,5,15H2,1-4H3;3,8H,7H2,1-2H3;2H,1H3,(H,6,7,9);2-3,7H,6H2,1H3;3H,1-2H3. The number of hydrogen-bond acceptors (Lipinski definition) is 16. The molecule has 0 radical (unpaired) electrons. The van der Waals surface area contributed by atoms with E-state index in [0.29, 0.717) is 11.0 Å². The molecule has 6 aromatic rings. The van der Waals surface area contributed by atoms with E-state index < -0.39 is 27.7 Å². The zero-order valence-corrected chi connectivity index (χ0v) is 43.8. The van der Waals surface area contributed by atoms with Crippen molar-refractivity contribution in [3.05, 3.63) is 125 Å². The summed E-state index contributed by atoms with van der Waals surface area (Å²) in [4.78, 5) is 56.6.